The second kappa shape index (κ2) is 8.72. The third-order valence-electron chi connectivity index (χ3n) is 7.24. The first-order chi connectivity index (χ1) is 11.9. The number of aliphatic hydroxyl groups is 4. The van der Waals surface area contributed by atoms with Gasteiger partial charge in [0.15, 0.2) is 0 Å². The van der Waals surface area contributed by atoms with E-state index < -0.39 is 11.2 Å². The maximum atomic E-state index is 11.1. The fourth-order valence-electron chi connectivity index (χ4n) is 5.80. The Labute approximate surface area is 160 Å². The summed E-state index contributed by atoms with van der Waals surface area (Å²) in [6.07, 6.45) is 8.96. The molecule has 26 heavy (non-hydrogen) atoms. The molecule has 0 saturated heterocycles. The number of fused-ring (bicyclic) bond motifs is 1. The minimum Gasteiger partial charge on any atom is -0.394 e. The Morgan fingerprint density at radius 1 is 1.08 bits per heavy atom. The van der Waals surface area contributed by atoms with Crippen LogP contribution in [0.4, 0.5) is 0 Å². The highest BCUT2D eigenvalue weighted by Crippen LogP contribution is 2.63. The maximum absolute atomic E-state index is 11.1. The van der Waals surface area contributed by atoms with Crippen LogP contribution in [-0.2, 0) is 0 Å². The van der Waals surface area contributed by atoms with Crippen LogP contribution in [0.5, 0.6) is 0 Å². The van der Waals surface area contributed by atoms with Gasteiger partial charge in [0.05, 0.1) is 24.4 Å². The average Bonchev–Trinajstić information content (AvgIpc) is 2.53. The lowest BCUT2D eigenvalue weighted by Gasteiger charge is -2.61. The summed E-state index contributed by atoms with van der Waals surface area (Å²) in [6, 6.07) is 0. The highest BCUT2D eigenvalue weighted by atomic mass is 16.3. The van der Waals surface area contributed by atoms with Crippen LogP contribution in [0.2, 0.25) is 0 Å². The first-order valence-corrected chi connectivity index (χ1v) is 10.2. The van der Waals surface area contributed by atoms with E-state index in [9.17, 15) is 10.2 Å². The molecule has 2 aliphatic rings. The lowest BCUT2D eigenvalue weighted by atomic mass is 9.45. The van der Waals surface area contributed by atoms with Gasteiger partial charge < -0.3 is 20.4 Å². The van der Waals surface area contributed by atoms with Gasteiger partial charge in [-0.1, -0.05) is 33.3 Å². The first kappa shape index (κ1) is 23.6. The van der Waals surface area contributed by atoms with Crippen molar-refractivity contribution in [1.82, 2.24) is 0 Å². The van der Waals surface area contributed by atoms with E-state index in [0.717, 1.165) is 19.3 Å². The molecule has 0 heterocycles. The SMILES string of the molecule is C=C[C@](C)(O)CC[C@@H]1[C@@]2(C)CCCC(C)(C)[C@@H]2CC[C@@]1(C)O.OCCO. The van der Waals surface area contributed by atoms with Crippen molar-refractivity contribution >= 4 is 0 Å². The maximum Gasteiger partial charge on any atom is 0.0797 e. The van der Waals surface area contributed by atoms with Gasteiger partial charge in [-0.2, -0.15) is 0 Å². The lowest BCUT2D eigenvalue weighted by molar-refractivity contribution is -0.171. The molecule has 5 atom stereocenters. The van der Waals surface area contributed by atoms with E-state index in [0.29, 0.717) is 17.8 Å². The smallest absolute Gasteiger partial charge is 0.0797 e. The molecule has 154 valence electrons. The van der Waals surface area contributed by atoms with Gasteiger partial charge in [-0.3, -0.25) is 0 Å². The molecule has 0 aromatic rings. The molecule has 2 aliphatic carbocycles. The third kappa shape index (κ3) is 5.31. The van der Waals surface area contributed by atoms with Gasteiger partial charge in [-0.15, -0.1) is 6.58 Å². The molecular weight excluding hydrogens is 328 g/mol. The van der Waals surface area contributed by atoms with E-state index >= 15 is 0 Å². The highest BCUT2D eigenvalue weighted by molar-refractivity contribution is 5.08. The zero-order valence-electron chi connectivity index (χ0n) is 17.6. The molecule has 0 amide bonds. The van der Waals surface area contributed by atoms with Crippen molar-refractivity contribution < 1.29 is 20.4 Å². The summed E-state index contributed by atoms with van der Waals surface area (Å²) in [5.74, 6) is 0.928. The topological polar surface area (TPSA) is 80.9 Å². The van der Waals surface area contributed by atoms with Crippen LogP contribution in [0.1, 0.15) is 79.6 Å². The average molecular weight is 371 g/mol. The molecule has 0 aliphatic heterocycles. The van der Waals surface area contributed by atoms with Crippen molar-refractivity contribution in [3.8, 4) is 0 Å². The van der Waals surface area contributed by atoms with Crippen LogP contribution in [-0.4, -0.2) is 44.8 Å². The molecule has 2 fully saturated rings. The number of aliphatic hydroxyl groups excluding tert-OH is 2. The summed E-state index contributed by atoms with van der Waals surface area (Å²) in [7, 11) is 0. The Kier molecular flexibility index (Phi) is 7.93. The zero-order chi connectivity index (χ0) is 20.2. The Hall–Kier alpha value is -0.420. The standard InChI is InChI=1S/C20H36O2.C2H6O2/c1-7-18(4,21)13-9-16-19(5)12-8-11-17(2,3)15(19)10-14-20(16,6)22;3-1-2-4/h7,15-16,21-22H,1,8-14H2,2-6H3;3-4H,1-2H2/t15-,16+,18-,19-,20+;/m0./s1. The molecule has 2 rings (SSSR count). The summed E-state index contributed by atoms with van der Waals surface area (Å²) in [5.41, 5.74) is -0.900. The largest absolute Gasteiger partial charge is 0.394 e. The van der Waals surface area contributed by atoms with Crippen LogP contribution in [0.3, 0.4) is 0 Å². The molecule has 0 aromatic carbocycles. The zero-order valence-corrected chi connectivity index (χ0v) is 17.6. The van der Waals surface area contributed by atoms with Gasteiger partial charge in [0.1, 0.15) is 0 Å². The van der Waals surface area contributed by atoms with E-state index in [1.54, 1.807) is 6.08 Å². The molecule has 0 unspecified atom stereocenters. The minimum atomic E-state index is -0.830. The Bertz CT molecular complexity index is 453. The minimum absolute atomic E-state index is 0.125. The monoisotopic (exact) mass is 370 g/mol. The summed E-state index contributed by atoms with van der Waals surface area (Å²) in [5, 5.41) is 36.6. The molecule has 0 bridgehead atoms. The van der Waals surface area contributed by atoms with Gasteiger partial charge in [0, 0.05) is 0 Å². The van der Waals surface area contributed by atoms with E-state index in [2.05, 4.69) is 27.4 Å². The van der Waals surface area contributed by atoms with Crippen molar-refractivity contribution in [1.29, 1.82) is 0 Å². The normalized spacial score (nSPS) is 38.3. The van der Waals surface area contributed by atoms with Gasteiger partial charge in [-0.05, 0) is 75.0 Å². The predicted octanol–water partition coefficient (Wildman–Crippen LogP) is 3.67. The van der Waals surface area contributed by atoms with Gasteiger partial charge in [-0.25, -0.2) is 0 Å². The van der Waals surface area contributed by atoms with Crippen LogP contribution in [0.15, 0.2) is 12.7 Å². The van der Waals surface area contributed by atoms with Crippen molar-refractivity contribution in [2.24, 2.45) is 22.7 Å². The molecule has 2 saturated carbocycles. The lowest BCUT2D eigenvalue weighted by Crippen LogP contribution is -2.57. The second-order valence-electron chi connectivity index (χ2n) is 9.90. The van der Waals surface area contributed by atoms with Crippen LogP contribution >= 0.6 is 0 Å². The Morgan fingerprint density at radius 2 is 1.65 bits per heavy atom. The van der Waals surface area contributed by atoms with E-state index in [-0.39, 0.29) is 24.5 Å². The molecule has 0 spiro atoms. The van der Waals surface area contributed by atoms with E-state index in [1.807, 2.05) is 13.8 Å². The fourth-order valence-corrected chi connectivity index (χ4v) is 5.80. The molecule has 4 nitrogen and oxygen atoms in total. The number of hydrogen-bond donors (Lipinski definition) is 4. The number of rotatable bonds is 5. The fraction of sp³-hybridized carbons (Fsp3) is 0.909. The predicted molar refractivity (Wildman–Crippen MR) is 107 cm³/mol. The van der Waals surface area contributed by atoms with Gasteiger partial charge in [0.2, 0.25) is 0 Å². The quantitative estimate of drug-likeness (QED) is 0.557. The highest BCUT2D eigenvalue weighted by Gasteiger charge is 2.57. The molecule has 4 heteroatoms. The second-order valence-corrected chi connectivity index (χ2v) is 9.90. The Morgan fingerprint density at radius 3 is 2.15 bits per heavy atom. The summed E-state index contributed by atoms with van der Waals surface area (Å²) in [6.45, 7) is 14.6. The molecule has 0 aromatic heterocycles. The summed E-state index contributed by atoms with van der Waals surface area (Å²) >= 11 is 0. The van der Waals surface area contributed by atoms with Crippen molar-refractivity contribution in [2.45, 2.75) is 90.8 Å². The van der Waals surface area contributed by atoms with Gasteiger partial charge in [0.25, 0.3) is 0 Å². The summed E-state index contributed by atoms with van der Waals surface area (Å²) < 4.78 is 0. The Balaban J connectivity index is 0.000000765. The van der Waals surface area contributed by atoms with Crippen LogP contribution in [0.25, 0.3) is 0 Å². The van der Waals surface area contributed by atoms with Gasteiger partial charge >= 0.3 is 0 Å². The number of hydrogen-bond acceptors (Lipinski definition) is 4. The first-order valence-electron chi connectivity index (χ1n) is 10.2. The molecule has 4 N–H and O–H groups in total. The molecular formula is C22H42O4. The van der Waals surface area contributed by atoms with E-state index in [1.165, 1.54) is 19.3 Å². The van der Waals surface area contributed by atoms with Crippen LogP contribution in [0, 0.1) is 22.7 Å². The van der Waals surface area contributed by atoms with Crippen LogP contribution < -0.4 is 0 Å². The van der Waals surface area contributed by atoms with Crippen molar-refractivity contribution in [3.63, 3.8) is 0 Å². The van der Waals surface area contributed by atoms with Crippen molar-refractivity contribution in [2.75, 3.05) is 13.2 Å². The summed E-state index contributed by atoms with van der Waals surface area (Å²) in [4.78, 5) is 0. The third-order valence-corrected chi connectivity index (χ3v) is 7.24. The van der Waals surface area contributed by atoms with E-state index in [4.69, 9.17) is 10.2 Å². The van der Waals surface area contributed by atoms with Crippen molar-refractivity contribution in [3.05, 3.63) is 12.7 Å². The molecule has 0 radical (unpaired) electrons.